The Labute approximate surface area is 89.4 Å². The van der Waals surface area contributed by atoms with Crippen LogP contribution in [0, 0.1) is 0 Å². The molecule has 0 aliphatic heterocycles. The van der Waals surface area contributed by atoms with Crippen LogP contribution >= 0.6 is 0 Å². The van der Waals surface area contributed by atoms with Crippen molar-refractivity contribution in [3.8, 4) is 11.3 Å². The lowest BCUT2D eigenvalue weighted by Gasteiger charge is -2.11. The maximum absolute atomic E-state index is 4.51. The van der Waals surface area contributed by atoms with Crippen LogP contribution in [0.15, 0.2) is 42.7 Å². The van der Waals surface area contributed by atoms with E-state index in [0.717, 1.165) is 17.1 Å². The largest absolute Gasteiger partial charge is 0.361 e. The van der Waals surface area contributed by atoms with Gasteiger partial charge in [0.2, 0.25) is 0 Å². The molecule has 0 radical (unpaired) electrons. The minimum atomic E-state index is 0.872. The van der Waals surface area contributed by atoms with E-state index in [9.17, 15) is 0 Å². The van der Waals surface area contributed by atoms with Crippen molar-refractivity contribution in [3.63, 3.8) is 0 Å². The van der Waals surface area contributed by atoms with Gasteiger partial charge in [0, 0.05) is 19.7 Å². The van der Waals surface area contributed by atoms with Crippen molar-refractivity contribution in [2.24, 2.45) is 0 Å². The maximum Gasteiger partial charge on any atom is 0.147 e. The predicted molar refractivity (Wildman–Crippen MR) is 61.8 cm³/mol. The van der Waals surface area contributed by atoms with Crippen LogP contribution in [0.5, 0.6) is 0 Å². The van der Waals surface area contributed by atoms with Gasteiger partial charge in [0.05, 0.1) is 18.1 Å². The first-order valence-electron chi connectivity index (χ1n) is 4.82. The molecule has 0 saturated carbocycles. The van der Waals surface area contributed by atoms with Gasteiger partial charge in [-0.1, -0.05) is 30.3 Å². The zero-order chi connectivity index (χ0) is 10.7. The fourth-order valence-corrected chi connectivity index (χ4v) is 1.32. The first kappa shape index (κ1) is 9.65. The molecule has 0 saturated heterocycles. The zero-order valence-corrected chi connectivity index (χ0v) is 8.88. The van der Waals surface area contributed by atoms with Crippen LogP contribution in [-0.2, 0) is 0 Å². The van der Waals surface area contributed by atoms with Crippen molar-refractivity contribution in [2.45, 2.75) is 0 Å². The van der Waals surface area contributed by atoms with Gasteiger partial charge in [0.1, 0.15) is 5.82 Å². The summed E-state index contributed by atoms with van der Waals surface area (Å²) in [6.45, 7) is 0. The third kappa shape index (κ3) is 2.13. The van der Waals surface area contributed by atoms with E-state index in [1.807, 2.05) is 49.3 Å². The molecule has 0 N–H and O–H groups in total. The Bertz CT molecular complexity index is 438. The summed E-state index contributed by atoms with van der Waals surface area (Å²) < 4.78 is 0. The summed E-state index contributed by atoms with van der Waals surface area (Å²) >= 11 is 0. The molecule has 0 spiro atoms. The van der Waals surface area contributed by atoms with E-state index < -0.39 is 0 Å². The highest BCUT2D eigenvalue weighted by molar-refractivity contribution is 5.59. The van der Waals surface area contributed by atoms with Gasteiger partial charge in [-0.05, 0) is 0 Å². The second-order valence-corrected chi connectivity index (χ2v) is 3.52. The van der Waals surface area contributed by atoms with Gasteiger partial charge in [0.25, 0.3) is 0 Å². The molecule has 1 heterocycles. The minimum absolute atomic E-state index is 0.872. The number of nitrogens with zero attached hydrogens (tertiary/aromatic N) is 3. The molecular weight excluding hydrogens is 186 g/mol. The zero-order valence-electron chi connectivity index (χ0n) is 8.88. The Hall–Kier alpha value is -1.90. The minimum Gasteiger partial charge on any atom is -0.361 e. The van der Waals surface area contributed by atoms with Crippen LogP contribution in [0.2, 0.25) is 0 Å². The molecule has 3 nitrogen and oxygen atoms in total. The molecule has 0 unspecified atom stereocenters. The average Bonchev–Trinajstić information content (AvgIpc) is 2.30. The SMILES string of the molecule is CN(C)c1cncc(-c2ccccc2)n1. The molecule has 2 rings (SSSR count). The molecule has 0 aliphatic rings. The fraction of sp³-hybridized carbons (Fsp3) is 0.167. The molecule has 3 heteroatoms. The summed E-state index contributed by atoms with van der Waals surface area (Å²) in [5, 5.41) is 0. The van der Waals surface area contributed by atoms with Crippen molar-refractivity contribution in [1.29, 1.82) is 0 Å². The van der Waals surface area contributed by atoms with E-state index in [4.69, 9.17) is 0 Å². The summed E-state index contributed by atoms with van der Waals surface area (Å²) in [5.74, 6) is 0.872. The van der Waals surface area contributed by atoms with Crippen molar-refractivity contribution in [1.82, 2.24) is 9.97 Å². The van der Waals surface area contributed by atoms with Crippen molar-refractivity contribution < 1.29 is 0 Å². The highest BCUT2D eigenvalue weighted by Crippen LogP contribution is 2.17. The van der Waals surface area contributed by atoms with Crippen LogP contribution in [0.4, 0.5) is 5.82 Å². The molecule has 15 heavy (non-hydrogen) atoms. The van der Waals surface area contributed by atoms with Gasteiger partial charge in [-0.15, -0.1) is 0 Å². The summed E-state index contributed by atoms with van der Waals surface area (Å²) in [4.78, 5) is 10.6. The van der Waals surface area contributed by atoms with Gasteiger partial charge in [-0.2, -0.15) is 0 Å². The van der Waals surface area contributed by atoms with Gasteiger partial charge in [-0.3, -0.25) is 4.98 Å². The first-order valence-corrected chi connectivity index (χ1v) is 4.82. The summed E-state index contributed by atoms with van der Waals surface area (Å²) in [7, 11) is 3.91. The number of hydrogen-bond donors (Lipinski definition) is 0. The third-order valence-electron chi connectivity index (χ3n) is 2.15. The molecule has 2 aromatic rings. The van der Waals surface area contributed by atoms with Crippen molar-refractivity contribution in [2.75, 3.05) is 19.0 Å². The smallest absolute Gasteiger partial charge is 0.147 e. The molecule has 0 bridgehead atoms. The van der Waals surface area contributed by atoms with Gasteiger partial charge < -0.3 is 4.90 Å². The van der Waals surface area contributed by atoms with E-state index in [-0.39, 0.29) is 0 Å². The monoisotopic (exact) mass is 199 g/mol. The lowest BCUT2D eigenvalue weighted by atomic mass is 10.2. The second kappa shape index (κ2) is 4.09. The molecular formula is C12H13N3. The van der Waals surface area contributed by atoms with Gasteiger partial charge in [0.15, 0.2) is 0 Å². The molecule has 0 atom stereocenters. The topological polar surface area (TPSA) is 29.0 Å². The molecule has 76 valence electrons. The van der Waals surface area contributed by atoms with Crippen molar-refractivity contribution in [3.05, 3.63) is 42.7 Å². The fourth-order valence-electron chi connectivity index (χ4n) is 1.32. The van der Waals surface area contributed by atoms with E-state index in [1.165, 1.54) is 0 Å². The normalized spacial score (nSPS) is 10.0. The predicted octanol–water partition coefficient (Wildman–Crippen LogP) is 2.21. The standard InChI is InChI=1S/C12H13N3/c1-15(2)12-9-13-8-11(14-12)10-6-4-3-5-7-10/h3-9H,1-2H3. The van der Waals surface area contributed by atoms with E-state index in [0.29, 0.717) is 0 Å². The Morgan fingerprint density at radius 3 is 2.40 bits per heavy atom. The summed E-state index contributed by atoms with van der Waals surface area (Å²) in [5.41, 5.74) is 2.00. The number of aromatic nitrogens is 2. The summed E-state index contributed by atoms with van der Waals surface area (Å²) in [6.07, 6.45) is 3.54. The highest BCUT2D eigenvalue weighted by Gasteiger charge is 2.01. The van der Waals surface area contributed by atoms with E-state index in [1.54, 1.807) is 12.4 Å². The Morgan fingerprint density at radius 1 is 1.00 bits per heavy atom. The van der Waals surface area contributed by atoms with E-state index in [2.05, 4.69) is 9.97 Å². The Balaban J connectivity index is 2.42. The van der Waals surface area contributed by atoms with Gasteiger partial charge >= 0.3 is 0 Å². The number of hydrogen-bond acceptors (Lipinski definition) is 3. The summed E-state index contributed by atoms with van der Waals surface area (Å²) in [6, 6.07) is 10.1. The second-order valence-electron chi connectivity index (χ2n) is 3.52. The molecule has 1 aromatic heterocycles. The van der Waals surface area contributed by atoms with Crippen LogP contribution < -0.4 is 4.90 Å². The van der Waals surface area contributed by atoms with Crippen LogP contribution in [0.1, 0.15) is 0 Å². The molecule has 0 aliphatic carbocycles. The van der Waals surface area contributed by atoms with Crippen molar-refractivity contribution >= 4 is 5.82 Å². The Morgan fingerprint density at radius 2 is 1.73 bits per heavy atom. The number of anilines is 1. The maximum atomic E-state index is 4.51. The van der Waals surface area contributed by atoms with Crippen LogP contribution in [0.3, 0.4) is 0 Å². The molecule has 0 fully saturated rings. The van der Waals surface area contributed by atoms with Crippen LogP contribution in [0.25, 0.3) is 11.3 Å². The van der Waals surface area contributed by atoms with E-state index >= 15 is 0 Å². The molecule has 0 amide bonds. The molecule has 1 aromatic carbocycles. The van der Waals surface area contributed by atoms with Crippen LogP contribution in [-0.4, -0.2) is 24.1 Å². The highest BCUT2D eigenvalue weighted by atomic mass is 15.1. The first-order chi connectivity index (χ1) is 7.27. The lowest BCUT2D eigenvalue weighted by Crippen LogP contribution is -2.11. The number of benzene rings is 1. The van der Waals surface area contributed by atoms with Gasteiger partial charge in [-0.25, -0.2) is 4.98 Å². The lowest BCUT2D eigenvalue weighted by molar-refractivity contribution is 1.04. The quantitative estimate of drug-likeness (QED) is 0.742. The average molecular weight is 199 g/mol. The third-order valence-corrected chi connectivity index (χ3v) is 2.15. The number of rotatable bonds is 2. The Kier molecular flexibility index (Phi) is 2.63.